The van der Waals surface area contributed by atoms with Crippen LogP contribution in [0, 0.1) is 5.82 Å². The van der Waals surface area contributed by atoms with Gasteiger partial charge in [-0.3, -0.25) is 0 Å². The first-order valence-electron chi connectivity index (χ1n) is 6.13. The van der Waals surface area contributed by atoms with E-state index in [0.717, 1.165) is 0 Å². The van der Waals surface area contributed by atoms with Gasteiger partial charge in [0, 0.05) is 17.0 Å². The molecule has 104 valence electrons. The second-order valence-electron chi connectivity index (χ2n) is 4.71. The summed E-state index contributed by atoms with van der Waals surface area (Å²) in [6.45, 7) is 0. The fraction of sp³-hybridized carbons (Fsp3) is 0.200. The Morgan fingerprint density at radius 1 is 1.25 bits per heavy atom. The zero-order valence-electron chi connectivity index (χ0n) is 10.3. The minimum Gasteiger partial charge on any atom is -0.485 e. The molecule has 3 rings (SSSR count). The number of rotatable bonds is 1. The molecule has 2 atom stereocenters. The second-order valence-corrected chi connectivity index (χ2v) is 6.00. The molecule has 0 radical (unpaired) electrons. The number of hydrogen-bond acceptors (Lipinski definition) is 2. The molecule has 0 aliphatic carbocycles. The molecule has 0 aromatic heterocycles. The molecule has 1 unspecified atom stereocenters. The zero-order chi connectivity index (χ0) is 14.3. The van der Waals surface area contributed by atoms with Crippen molar-refractivity contribution in [2.75, 3.05) is 0 Å². The summed E-state index contributed by atoms with van der Waals surface area (Å²) in [6.07, 6.45) is -0.676. The lowest BCUT2D eigenvalue weighted by Gasteiger charge is -2.30. The molecular formula is C15H11BrClFO2. The van der Waals surface area contributed by atoms with Crippen LogP contribution in [0.4, 0.5) is 4.39 Å². The molecule has 0 bridgehead atoms. The van der Waals surface area contributed by atoms with E-state index >= 15 is 0 Å². The normalized spacial score (nSPS) is 21.2. The molecule has 0 saturated carbocycles. The van der Waals surface area contributed by atoms with Crippen molar-refractivity contribution in [2.45, 2.75) is 18.6 Å². The van der Waals surface area contributed by atoms with Gasteiger partial charge in [-0.05, 0) is 51.8 Å². The molecule has 0 spiro atoms. The first-order chi connectivity index (χ1) is 9.54. The Kier molecular flexibility index (Phi) is 3.71. The summed E-state index contributed by atoms with van der Waals surface area (Å²) in [5, 5.41) is 10.8. The van der Waals surface area contributed by atoms with E-state index in [4.69, 9.17) is 16.3 Å². The number of benzene rings is 2. The molecule has 5 heteroatoms. The average molecular weight is 358 g/mol. The van der Waals surface area contributed by atoms with Gasteiger partial charge in [0.1, 0.15) is 17.7 Å². The minimum atomic E-state index is -0.672. The number of hydrogen-bond donors (Lipinski definition) is 1. The third-order valence-corrected chi connectivity index (χ3v) is 4.23. The van der Waals surface area contributed by atoms with Gasteiger partial charge in [0.05, 0.1) is 10.6 Å². The number of aliphatic hydroxyl groups excluding tert-OH is 1. The summed E-state index contributed by atoms with van der Waals surface area (Å²) >= 11 is 9.03. The third-order valence-electron chi connectivity index (χ3n) is 3.35. The standard InChI is InChI=1S/C15H11BrClFO2/c16-11-3-1-8(5-12(11)18)15-7-13(19)10-6-9(17)2-4-14(10)20-15/h1-6,13,15,19H,7H2/t13-,15?/m1/s1. The highest BCUT2D eigenvalue weighted by molar-refractivity contribution is 9.10. The van der Waals surface area contributed by atoms with Crippen molar-refractivity contribution in [1.82, 2.24) is 0 Å². The van der Waals surface area contributed by atoms with Crippen molar-refractivity contribution in [1.29, 1.82) is 0 Å². The van der Waals surface area contributed by atoms with E-state index in [1.54, 1.807) is 30.3 Å². The summed E-state index contributed by atoms with van der Waals surface area (Å²) in [5.41, 5.74) is 1.37. The van der Waals surface area contributed by atoms with E-state index in [1.165, 1.54) is 6.07 Å². The van der Waals surface area contributed by atoms with Crippen LogP contribution < -0.4 is 4.74 Å². The van der Waals surface area contributed by atoms with E-state index < -0.39 is 6.10 Å². The number of aliphatic hydroxyl groups is 1. The first kappa shape index (κ1) is 13.9. The first-order valence-corrected chi connectivity index (χ1v) is 7.31. The molecule has 20 heavy (non-hydrogen) atoms. The van der Waals surface area contributed by atoms with Crippen LogP contribution in [0.2, 0.25) is 5.02 Å². The Morgan fingerprint density at radius 3 is 2.80 bits per heavy atom. The molecular weight excluding hydrogens is 347 g/mol. The largest absolute Gasteiger partial charge is 0.485 e. The summed E-state index contributed by atoms with van der Waals surface area (Å²) in [7, 11) is 0. The van der Waals surface area contributed by atoms with Crippen LogP contribution in [0.1, 0.15) is 29.8 Å². The van der Waals surface area contributed by atoms with E-state index in [-0.39, 0.29) is 11.9 Å². The van der Waals surface area contributed by atoms with Crippen LogP contribution in [0.5, 0.6) is 5.75 Å². The molecule has 2 aromatic carbocycles. The Hall–Kier alpha value is -1.10. The average Bonchev–Trinajstić information content (AvgIpc) is 2.42. The van der Waals surface area contributed by atoms with Crippen LogP contribution in [0.25, 0.3) is 0 Å². The molecule has 1 N–H and O–H groups in total. The highest BCUT2D eigenvalue weighted by Crippen LogP contribution is 2.42. The summed E-state index contributed by atoms with van der Waals surface area (Å²) in [5.74, 6) is 0.240. The topological polar surface area (TPSA) is 29.5 Å². The van der Waals surface area contributed by atoms with E-state index in [0.29, 0.717) is 32.8 Å². The molecule has 2 aromatic rings. The highest BCUT2D eigenvalue weighted by Gasteiger charge is 2.28. The fourth-order valence-electron chi connectivity index (χ4n) is 2.33. The number of ether oxygens (including phenoxy) is 1. The van der Waals surface area contributed by atoms with Crippen LogP contribution in [0.15, 0.2) is 40.9 Å². The van der Waals surface area contributed by atoms with E-state index in [1.807, 2.05) is 0 Å². The lowest BCUT2D eigenvalue weighted by Crippen LogP contribution is -2.19. The molecule has 2 nitrogen and oxygen atoms in total. The van der Waals surface area contributed by atoms with Gasteiger partial charge in [-0.15, -0.1) is 0 Å². The fourth-order valence-corrected chi connectivity index (χ4v) is 2.76. The monoisotopic (exact) mass is 356 g/mol. The predicted octanol–water partition coefficient (Wildman–Crippen LogP) is 4.80. The lowest BCUT2D eigenvalue weighted by molar-refractivity contribution is 0.0656. The van der Waals surface area contributed by atoms with Gasteiger partial charge in [-0.25, -0.2) is 4.39 Å². The maximum Gasteiger partial charge on any atom is 0.137 e. The molecule has 1 heterocycles. The number of fused-ring (bicyclic) bond motifs is 1. The van der Waals surface area contributed by atoms with Crippen LogP contribution >= 0.6 is 27.5 Å². The molecule has 1 aliphatic rings. The van der Waals surface area contributed by atoms with Crippen LogP contribution in [-0.4, -0.2) is 5.11 Å². The van der Waals surface area contributed by atoms with Crippen molar-refractivity contribution in [3.63, 3.8) is 0 Å². The second kappa shape index (κ2) is 5.35. The van der Waals surface area contributed by atoms with Crippen molar-refractivity contribution in [3.8, 4) is 5.75 Å². The predicted molar refractivity (Wildman–Crippen MR) is 78.5 cm³/mol. The van der Waals surface area contributed by atoms with E-state index in [9.17, 15) is 9.50 Å². The van der Waals surface area contributed by atoms with E-state index in [2.05, 4.69) is 15.9 Å². The molecule has 1 aliphatic heterocycles. The van der Waals surface area contributed by atoms with Crippen molar-refractivity contribution < 1.29 is 14.2 Å². The van der Waals surface area contributed by atoms with Gasteiger partial charge >= 0.3 is 0 Å². The number of halogens is 3. The van der Waals surface area contributed by atoms with Gasteiger partial charge in [0.2, 0.25) is 0 Å². The van der Waals surface area contributed by atoms with Gasteiger partial charge in [-0.1, -0.05) is 17.7 Å². The van der Waals surface area contributed by atoms with Gasteiger partial charge < -0.3 is 9.84 Å². The Balaban J connectivity index is 1.94. The summed E-state index contributed by atoms with van der Waals surface area (Å²) in [4.78, 5) is 0. The summed E-state index contributed by atoms with van der Waals surface area (Å²) < 4.78 is 19.8. The summed E-state index contributed by atoms with van der Waals surface area (Å²) in [6, 6.07) is 9.96. The maximum absolute atomic E-state index is 13.6. The minimum absolute atomic E-state index is 0.345. The quantitative estimate of drug-likeness (QED) is 0.794. The molecule has 0 saturated heterocycles. The van der Waals surface area contributed by atoms with Crippen molar-refractivity contribution >= 4 is 27.5 Å². The SMILES string of the molecule is O[C@@H]1CC(c2ccc(Br)c(F)c2)Oc2ccc(Cl)cc21. The highest BCUT2D eigenvalue weighted by atomic mass is 79.9. The van der Waals surface area contributed by atoms with Gasteiger partial charge in [-0.2, -0.15) is 0 Å². The zero-order valence-corrected chi connectivity index (χ0v) is 12.7. The smallest absolute Gasteiger partial charge is 0.137 e. The molecule has 0 fully saturated rings. The lowest BCUT2D eigenvalue weighted by atomic mass is 9.95. The van der Waals surface area contributed by atoms with Gasteiger partial charge in [0.25, 0.3) is 0 Å². The Labute approximate surface area is 129 Å². The Bertz CT molecular complexity index is 662. The van der Waals surface area contributed by atoms with Gasteiger partial charge in [0.15, 0.2) is 0 Å². The third kappa shape index (κ3) is 2.55. The van der Waals surface area contributed by atoms with Crippen molar-refractivity contribution in [3.05, 3.63) is 62.8 Å². The van der Waals surface area contributed by atoms with Crippen LogP contribution in [0.3, 0.4) is 0 Å². The van der Waals surface area contributed by atoms with Crippen LogP contribution in [-0.2, 0) is 0 Å². The Morgan fingerprint density at radius 2 is 2.05 bits per heavy atom. The maximum atomic E-state index is 13.6. The van der Waals surface area contributed by atoms with Crippen molar-refractivity contribution in [2.24, 2.45) is 0 Å². The molecule has 0 amide bonds.